The summed E-state index contributed by atoms with van der Waals surface area (Å²) in [5, 5.41) is 18.6. The average Bonchev–Trinajstić information content (AvgIpc) is 2.91. The zero-order valence-corrected chi connectivity index (χ0v) is 11.0. The Kier molecular flexibility index (Phi) is 5.21. The molecule has 6 heteroatoms. The van der Waals surface area contributed by atoms with Crippen LogP contribution in [0.5, 0.6) is 5.75 Å². The summed E-state index contributed by atoms with van der Waals surface area (Å²) in [6, 6.07) is 5.26. The van der Waals surface area contributed by atoms with Gasteiger partial charge in [0.1, 0.15) is 5.75 Å². The van der Waals surface area contributed by atoms with Gasteiger partial charge < -0.3 is 24.3 Å². The van der Waals surface area contributed by atoms with E-state index < -0.39 is 7.12 Å². The Morgan fingerprint density at radius 3 is 2.89 bits per heavy atom. The summed E-state index contributed by atoms with van der Waals surface area (Å²) in [7, 11) is -0.0459. The van der Waals surface area contributed by atoms with E-state index in [1.54, 1.807) is 12.1 Å². The Hall–Kier alpha value is -1.08. The van der Waals surface area contributed by atoms with Crippen LogP contribution >= 0.6 is 0 Å². The van der Waals surface area contributed by atoms with E-state index in [1.165, 1.54) is 7.11 Å². The van der Waals surface area contributed by atoms with Crippen LogP contribution < -0.4 is 10.2 Å². The van der Waals surface area contributed by atoms with Crippen LogP contribution in [0, 0.1) is 5.92 Å². The topological polar surface area (TPSA) is 68.2 Å². The van der Waals surface area contributed by atoms with Crippen LogP contribution in [0.3, 0.4) is 0 Å². The first-order valence-corrected chi connectivity index (χ1v) is 6.39. The van der Waals surface area contributed by atoms with E-state index in [0.29, 0.717) is 30.3 Å². The summed E-state index contributed by atoms with van der Waals surface area (Å²) < 4.78 is 16.0. The summed E-state index contributed by atoms with van der Waals surface area (Å²) >= 11 is 0. The van der Waals surface area contributed by atoms with Gasteiger partial charge >= 0.3 is 7.12 Å². The predicted octanol–water partition coefficient (Wildman–Crippen LogP) is -0.0719. The molecule has 0 aliphatic carbocycles. The molecule has 19 heavy (non-hydrogen) atoms. The van der Waals surface area contributed by atoms with Gasteiger partial charge in [-0.3, -0.25) is 0 Å². The number of methoxy groups -OCH3 is 1. The Morgan fingerprint density at radius 2 is 2.26 bits per heavy atom. The summed E-state index contributed by atoms with van der Waals surface area (Å²) in [5.74, 6) is 0.934. The largest absolute Gasteiger partial charge is 0.497 e. The molecule has 0 radical (unpaired) electrons. The number of hydrogen-bond acceptors (Lipinski definition) is 5. The van der Waals surface area contributed by atoms with Crippen molar-refractivity contribution in [2.75, 3.05) is 26.9 Å². The minimum Gasteiger partial charge on any atom is -0.497 e. The van der Waals surface area contributed by atoms with E-state index in [0.717, 1.165) is 25.2 Å². The van der Waals surface area contributed by atoms with Crippen molar-refractivity contribution in [1.29, 1.82) is 0 Å². The third-order valence-corrected chi connectivity index (χ3v) is 3.22. The molecule has 1 aliphatic heterocycles. The number of rotatable bonds is 6. The van der Waals surface area contributed by atoms with Gasteiger partial charge in [0.2, 0.25) is 0 Å². The van der Waals surface area contributed by atoms with Crippen LogP contribution in [0.15, 0.2) is 18.2 Å². The summed E-state index contributed by atoms with van der Waals surface area (Å²) in [4.78, 5) is 0. The van der Waals surface area contributed by atoms with E-state index >= 15 is 0 Å². The molecule has 1 atom stereocenters. The Labute approximate surface area is 113 Å². The first-order chi connectivity index (χ1) is 9.20. The van der Waals surface area contributed by atoms with Gasteiger partial charge in [0.15, 0.2) is 0 Å². The van der Waals surface area contributed by atoms with Crippen molar-refractivity contribution in [2.24, 2.45) is 5.92 Å². The van der Waals surface area contributed by atoms with Crippen LogP contribution in [0.4, 0.5) is 0 Å². The molecule has 1 fully saturated rings. The standard InChI is InChI=1S/C13H19BO5/c1-17-13-3-2-10(6-12(13)14(15)16)7-19-9-11-4-5-18-8-11/h2-3,6,11,15-16H,4-5,7-9H2,1H3. The summed E-state index contributed by atoms with van der Waals surface area (Å²) in [6.45, 7) is 2.70. The van der Waals surface area contributed by atoms with Gasteiger partial charge in [0.05, 0.1) is 26.9 Å². The highest BCUT2D eigenvalue weighted by molar-refractivity contribution is 6.59. The summed E-state index contributed by atoms with van der Waals surface area (Å²) in [5.41, 5.74) is 1.25. The smallest absolute Gasteiger partial charge is 0.492 e. The molecule has 1 unspecified atom stereocenters. The minimum absolute atomic E-state index is 0.354. The Bertz CT molecular complexity index is 404. The molecule has 1 aromatic carbocycles. The van der Waals surface area contributed by atoms with Crippen molar-refractivity contribution in [3.8, 4) is 5.75 Å². The van der Waals surface area contributed by atoms with E-state index in [4.69, 9.17) is 14.2 Å². The molecule has 0 saturated carbocycles. The molecule has 104 valence electrons. The molecule has 2 rings (SSSR count). The van der Waals surface area contributed by atoms with Crippen LogP contribution in [-0.4, -0.2) is 44.1 Å². The zero-order chi connectivity index (χ0) is 13.7. The van der Waals surface area contributed by atoms with Crippen molar-refractivity contribution in [3.05, 3.63) is 23.8 Å². The lowest BCUT2D eigenvalue weighted by Crippen LogP contribution is -2.31. The van der Waals surface area contributed by atoms with E-state index in [2.05, 4.69) is 0 Å². The third-order valence-electron chi connectivity index (χ3n) is 3.22. The second-order valence-electron chi connectivity index (χ2n) is 4.69. The molecule has 5 nitrogen and oxygen atoms in total. The average molecular weight is 266 g/mol. The third kappa shape index (κ3) is 3.94. The first-order valence-electron chi connectivity index (χ1n) is 6.39. The van der Waals surface area contributed by atoms with E-state index in [9.17, 15) is 10.0 Å². The van der Waals surface area contributed by atoms with Crippen molar-refractivity contribution < 1.29 is 24.3 Å². The van der Waals surface area contributed by atoms with Crippen LogP contribution in [0.1, 0.15) is 12.0 Å². The monoisotopic (exact) mass is 266 g/mol. The van der Waals surface area contributed by atoms with Crippen LogP contribution in [0.2, 0.25) is 0 Å². The van der Waals surface area contributed by atoms with Crippen LogP contribution in [-0.2, 0) is 16.1 Å². The maximum Gasteiger partial charge on any atom is 0.492 e. The van der Waals surface area contributed by atoms with E-state index in [1.807, 2.05) is 6.07 Å². The zero-order valence-electron chi connectivity index (χ0n) is 11.0. The second kappa shape index (κ2) is 6.91. The van der Waals surface area contributed by atoms with Crippen molar-refractivity contribution >= 4 is 12.6 Å². The van der Waals surface area contributed by atoms with Crippen molar-refractivity contribution in [1.82, 2.24) is 0 Å². The highest BCUT2D eigenvalue weighted by Gasteiger charge is 2.18. The van der Waals surface area contributed by atoms with Gasteiger partial charge in [-0.1, -0.05) is 12.1 Å². The van der Waals surface area contributed by atoms with Crippen molar-refractivity contribution in [3.63, 3.8) is 0 Å². The maximum absolute atomic E-state index is 9.28. The molecular weight excluding hydrogens is 247 g/mol. The molecular formula is C13H19BO5. The predicted molar refractivity (Wildman–Crippen MR) is 71.4 cm³/mol. The molecule has 0 amide bonds. The fourth-order valence-electron chi connectivity index (χ4n) is 2.13. The SMILES string of the molecule is COc1ccc(COCC2CCOC2)cc1B(O)O. The number of ether oxygens (including phenoxy) is 3. The lowest BCUT2D eigenvalue weighted by molar-refractivity contribution is 0.0791. The molecule has 1 aromatic rings. The van der Waals surface area contributed by atoms with Gasteiger partial charge in [-0.25, -0.2) is 0 Å². The summed E-state index contributed by atoms with van der Waals surface area (Å²) in [6.07, 6.45) is 1.04. The lowest BCUT2D eigenvalue weighted by Gasteiger charge is -2.12. The molecule has 1 heterocycles. The van der Waals surface area contributed by atoms with E-state index in [-0.39, 0.29) is 0 Å². The highest BCUT2D eigenvalue weighted by atomic mass is 16.5. The highest BCUT2D eigenvalue weighted by Crippen LogP contribution is 2.14. The number of hydrogen-bond donors (Lipinski definition) is 2. The van der Waals surface area contributed by atoms with Gasteiger partial charge in [-0.2, -0.15) is 0 Å². The second-order valence-corrected chi connectivity index (χ2v) is 4.69. The van der Waals surface area contributed by atoms with Crippen molar-refractivity contribution in [2.45, 2.75) is 13.0 Å². The maximum atomic E-state index is 9.28. The first kappa shape index (κ1) is 14.3. The van der Waals surface area contributed by atoms with Gasteiger partial charge in [-0.05, 0) is 18.1 Å². The Balaban J connectivity index is 1.90. The molecule has 0 aromatic heterocycles. The molecule has 0 bridgehead atoms. The quantitative estimate of drug-likeness (QED) is 0.705. The van der Waals surface area contributed by atoms with Crippen LogP contribution in [0.25, 0.3) is 0 Å². The normalized spacial score (nSPS) is 18.6. The molecule has 1 aliphatic rings. The Morgan fingerprint density at radius 1 is 1.42 bits per heavy atom. The number of benzene rings is 1. The molecule has 0 spiro atoms. The minimum atomic E-state index is -1.54. The van der Waals surface area contributed by atoms with Gasteiger partial charge in [0.25, 0.3) is 0 Å². The van der Waals surface area contributed by atoms with Gasteiger partial charge in [-0.15, -0.1) is 0 Å². The lowest BCUT2D eigenvalue weighted by atomic mass is 9.79. The van der Waals surface area contributed by atoms with Gasteiger partial charge in [0, 0.05) is 18.0 Å². The molecule has 2 N–H and O–H groups in total. The fraction of sp³-hybridized carbons (Fsp3) is 0.538. The fourth-order valence-corrected chi connectivity index (χ4v) is 2.13. The molecule has 1 saturated heterocycles.